The summed E-state index contributed by atoms with van der Waals surface area (Å²) in [7, 11) is 4.55. The lowest BCUT2D eigenvalue weighted by molar-refractivity contribution is 0.102. The van der Waals surface area contributed by atoms with Crippen LogP contribution >= 0.6 is 0 Å². The molecular weight excluding hydrogens is 394 g/mol. The zero-order valence-corrected chi connectivity index (χ0v) is 17.8. The van der Waals surface area contributed by atoms with Gasteiger partial charge in [-0.1, -0.05) is 18.2 Å². The van der Waals surface area contributed by atoms with Gasteiger partial charge in [0.1, 0.15) is 5.65 Å². The Morgan fingerprint density at radius 3 is 2.35 bits per heavy atom. The van der Waals surface area contributed by atoms with Gasteiger partial charge in [0, 0.05) is 29.2 Å². The Morgan fingerprint density at radius 2 is 1.71 bits per heavy atom. The number of nitrogens with zero attached hydrogens (tertiary/aromatic N) is 2. The predicted molar refractivity (Wildman–Crippen MR) is 119 cm³/mol. The van der Waals surface area contributed by atoms with Gasteiger partial charge in [-0.05, 0) is 42.8 Å². The summed E-state index contributed by atoms with van der Waals surface area (Å²) in [5.41, 5.74) is 4.64. The summed E-state index contributed by atoms with van der Waals surface area (Å²) in [6, 6.07) is 15.0. The third kappa shape index (κ3) is 3.90. The fraction of sp³-hybridized carbons (Fsp3) is 0.167. The smallest absolute Gasteiger partial charge is 0.255 e. The number of carbonyl (C=O) groups is 1. The molecule has 0 saturated heterocycles. The standard InChI is InChI=1S/C24H23N3O4/c1-15-8-9-16(19-14-27-10-6-5-7-22(27)25-19)11-18(15)26-24(28)17-12-20(29-2)23(31-4)21(13-17)30-3/h5-14H,1-4H3,(H,26,28). The lowest BCUT2D eigenvalue weighted by Gasteiger charge is -2.15. The number of ether oxygens (including phenoxy) is 3. The van der Waals surface area contributed by atoms with Crippen molar-refractivity contribution in [1.82, 2.24) is 9.38 Å². The molecule has 0 bridgehead atoms. The van der Waals surface area contributed by atoms with Crippen LogP contribution in [0.1, 0.15) is 15.9 Å². The van der Waals surface area contributed by atoms with Crippen molar-refractivity contribution >= 4 is 17.2 Å². The Bertz CT molecular complexity index is 1200. The molecule has 0 unspecified atom stereocenters. The van der Waals surface area contributed by atoms with Crippen LogP contribution in [0.5, 0.6) is 17.2 Å². The number of aryl methyl sites for hydroxylation is 1. The second kappa shape index (κ2) is 8.39. The molecule has 158 valence electrons. The lowest BCUT2D eigenvalue weighted by atomic mass is 10.1. The quantitative estimate of drug-likeness (QED) is 0.497. The molecule has 1 amide bonds. The number of methoxy groups -OCH3 is 3. The van der Waals surface area contributed by atoms with E-state index in [0.717, 1.165) is 22.5 Å². The van der Waals surface area contributed by atoms with Crippen LogP contribution in [0.3, 0.4) is 0 Å². The number of aromatic nitrogens is 2. The number of benzene rings is 2. The number of hydrogen-bond donors (Lipinski definition) is 1. The molecule has 0 spiro atoms. The van der Waals surface area contributed by atoms with Crippen molar-refractivity contribution in [3.05, 3.63) is 72.1 Å². The van der Waals surface area contributed by atoms with Gasteiger partial charge in [-0.3, -0.25) is 4.79 Å². The fourth-order valence-electron chi connectivity index (χ4n) is 3.40. The molecule has 0 atom stereocenters. The first-order valence-corrected chi connectivity index (χ1v) is 9.70. The van der Waals surface area contributed by atoms with Gasteiger partial charge in [-0.25, -0.2) is 4.98 Å². The largest absolute Gasteiger partial charge is 0.493 e. The maximum atomic E-state index is 13.0. The minimum Gasteiger partial charge on any atom is -0.493 e. The van der Waals surface area contributed by atoms with Crippen LogP contribution in [-0.2, 0) is 0 Å². The highest BCUT2D eigenvalue weighted by molar-refractivity contribution is 6.05. The summed E-state index contributed by atoms with van der Waals surface area (Å²) in [4.78, 5) is 17.7. The average molecular weight is 417 g/mol. The second-order valence-electron chi connectivity index (χ2n) is 6.99. The van der Waals surface area contributed by atoms with Gasteiger partial charge in [0.15, 0.2) is 11.5 Å². The van der Waals surface area contributed by atoms with E-state index in [0.29, 0.717) is 28.5 Å². The van der Waals surface area contributed by atoms with Gasteiger partial charge in [0.25, 0.3) is 5.91 Å². The molecule has 0 fully saturated rings. The average Bonchev–Trinajstić information content (AvgIpc) is 3.23. The van der Waals surface area contributed by atoms with Crippen molar-refractivity contribution in [2.24, 2.45) is 0 Å². The molecule has 7 nitrogen and oxygen atoms in total. The van der Waals surface area contributed by atoms with E-state index >= 15 is 0 Å². The van der Waals surface area contributed by atoms with Gasteiger partial charge in [-0.15, -0.1) is 0 Å². The van der Waals surface area contributed by atoms with Crippen LogP contribution in [0.4, 0.5) is 5.69 Å². The van der Waals surface area contributed by atoms with Crippen molar-refractivity contribution in [1.29, 1.82) is 0 Å². The van der Waals surface area contributed by atoms with E-state index in [4.69, 9.17) is 14.2 Å². The van der Waals surface area contributed by atoms with Crippen LogP contribution in [0.2, 0.25) is 0 Å². The van der Waals surface area contributed by atoms with E-state index in [1.807, 2.05) is 60.1 Å². The van der Waals surface area contributed by atoms with Crippen LogP contribution in [0.15, 0.2) is 60.9 Å². The third-order valence-corrected chi connectivity index (χ3v) is 5.07. The van der Waals surface area contributed by atoms with Gasteiger partial charge in [0.05, 0.1) is 27.0 Å². The Morgan fingerprint density at radius 1 is 0.968 bits per heavy atom. The molecule has 2 aromatic carbocycles. The summed E-state index contributed by atoms with van der Waals surface area (Å²) >= 11 is 0. The normalized spacial score (nSPS) is 10.7. The molecule has 4 rings (SSSR count). The number of pyridine rings is 1. The number of rotatable bonds is 6. The van der Waals surface area contributed by atoms with Gasteiger partial charge in [-0.2, -0.15) is 0 Å². The highest BCUT2D eigenvalue weighted by Gasteiger charge is 2.18. The van der Waals surface area contributed by atoms with Crippen LogP contribution < -0.4 is 19.5 Å². The van der Waals surface area contributed by atoms with Crippen molar-refractivity contribution in [2.45, 2.75) is 6.92 Å². The Kier molecular flexibility index (Phi) is 5.49. The number of amides is 1. The number of hydrogen-bond acceptors (Lipinski definition) is 5. The number of fused-ring (bicyclic) bond motifs is 1. The first-order chi connectivity index (χ1) is 15.0. The first-order valence-electron chi connectivity index (χ1n) is 9.70. The van der Waals surface area contributed by atoms with Gasteiger partial charge in [0.2, 0.25) is 5.75 Å². The van der Waals surface area contributed by atoms with E-state index in [1.165, 1.54) is 21.3 Å². The minimum absolute atomic E-state index is 0.283. The molecule has 0 aliphatic heterocycles. The highest BCUT2D eigenvalue weighted by atomic mass is 16.5. The Balaban J connectivity index is 1.66. The number of carbonyl (C=O) groups excluding carboxylic acids is 1. The van der Waals surface area contributed by atoms with E-state index in [9.17, 15) is 4.79 Å². The summed E-state index contributed by atoms with van der Waals surface area (Å²) < 4.78 is 18.0. The van der Waals surface area contributed by atoms with Crippen LogP contribution in [-0.4, -0.2) is 36.6 Å². The fourth-order valence-corrected chi connectivity index (χ4v) is 3.40. The van der Waals surface area contributed by atoms with E-state index in [2.05, 4.69) is 10.3 Å². The lowest BCUT2D eigenvalue weighted by Crippen LogP contribution is -2.13. The zero-order chi connectivity index (χ0) is 22.0. The highest BCUT2D eigenvalue weighted by Crippen LogP contribution is 2.38. The van der Waals surface area contributed by atoms with Crippen molar-refractivity contribution < 1.29 is 19.0 Å². The summed E-state index contributed by atoms with van der Waals surface area (Å²) in [6.07, 6.45) is 3.91. The molecule has 1 N–H and O–H groups in total. The molecule has 0 aliphatic rings. The monoisotopic (exact) mass is 417 g/mol. The Labute approximate surface area is 180 Å². The molecule has 0 saturated carbocycles. The summed E-state index contributed by atoms with van der Waals surface area (Å²) in [5.74, 6) is 0.991. The van der Waals surface area contributed by atoms with Gasteiger partial charge < -0.3 is 23.9 Å². The van der Waals surface area contributed by atoms with Crippen molar-refractivity contribution in [3.63, 3.8) is 0 Å². The zero-order valence-electron chi connectivity index (χ0n) is 17.8. The van der Waals surface area contributed by atoms with Crippen molar-refractivity contribution in [3.8, 4) is 28.5 Å². The first kappa shape index (κ1) is 20.3. The molecular formula is C24H23N3O4. The van der Waals surface area contributed by atoms with E-state index < -0.39 is 0 Å². The second-order valence-corrected chi connectivity index (χ2v) is 6.99. The maximum Gasteiger partial charge on any atom is 0.255 e. The SMILES string of the molecule is COc1cc(C(=O)Nc2cc(-c3cn4ccccc4n3)ccc2C)cc(OC)c1OC. The minimum atomic E-state index is -0.283. The van der Waals surface area contributed by atoms with Crippen LogP contribution in [0.25, 0.3) is 16.9 Å². The summed E-state index contributed by atoms with van der Waals surface area (Å²) in [5, 5.41) is 2.99. The van der Waals surface area contributed by atoms with E-state index in [1.54, 1.807) is 12.1 Å². The Hall–Kier alpha value is -4.00. The summed E-state index contributed by atoms with van der Waals surface area (Å²) in [6.45, 7) is 1.94. The third-order valence-electron chi connectivity index (χ3n) is 5.07. The topological polar surface area (TPSA) is 74.1 Å². The predicted octanol–water partition coefficient (Wildman–Crippen LogP) is 4.59. The van der Waals surface area contributed by atoms with Gasteiger partial charge >= 0.3 is 0 Å². The molecule has 2 heterocycles. The number of nitrogens with one attached hydrogen (secondary N) is 1. The number of imidazole rings is 1. The van der Waals surface area contributed by atoms with E-state index in [-0.39, 0.29) is 5.91 Å². The molecule has 31 heavy (non-hydrogen) atoms. The molecule has 4 aromatic rings. The van der Waals surface area contributed by atoms with Crippen molar-refractivity contribution in [2.75, 3.05) is 26.6 Å². The molecule has 7 heteroatoms. The molecule has 0 aliphatic carbocycles. The van der Waals surface area contributed by atoms with Crippen LogP contribution in [0, 0.1) is 6.92 Å². The molecule has 2 aromatic heterocycles. The number of anilines is 1. The maximum absolute atomic E-state index is 13.0. The molecule has 0 radical (unpaired) electrons.